The predicted octanol–water partition coefficient (Wildman–Crippen LogP) is 5.10. The number of carbonyl (C=O) groups is 2. The molecule has 3 aliphatic rings. The van der Waals surface area contributed by atoms with E-state index in [0.717, 1.165) is 12.8 Å². The molecule has 7 heteroatoms. The lowest BCUT2D eigenvalue weighted by molar-refractivity contribution is 0.0504. The van der Waals surface area contributed by atoms with Gasteiger partial charge in [-0.15, -0.1) is 0 Å². The van der Waals surface area contributed by atoms with E-state index in [4.69, 9.17) is 4.74 Å². The number of benzene rings is 2. The third-order valence-corrected chi connectivity index (χ3v) is 8.19. The zero-order chi connectivity index (χ0) is 24.2. The van der Waals surface area contributed by atoms with Gasteiger partial charge in [0, 0.05) is 36.3 Å². The number of hydrogen-bond donors (Lipinski definition) is 0. The molecule has 2 bridgehead atoms. The Morgan fingerprint density at radius 2 is 1.56 bits per heavy atom. The molecule has 2 aromatic heterocycles. The number of hydrogen-bond acceptors (Lipinski definition) is 5. The summed E-state index contributed by atoms with van der Waals surface area (Å²) in [5, 5.41) is 0. The lowest BCUT2D eigenvalue weighted by Crippen LogP contribution is -2.48. The average molecular weight is 479 g/mol. The fraction of sp³-hybridized carbons (Fsp3) is 0.310. The van der Waals surface area contributed by atoms with E-state index in [1.54, 1.807) is 22.9 Å². The number of Topliss-reactive ketones (excluding diaryl/α,β-unsaturated/α-hetero) is 1. The Kier molecular flexibility index (Phi) is 4.91. The Labute approximate surface area is 208 Å². The van der Waals surface area contributed by atoms with Crippen molar-refractivity contribution in [3.8, 4) is 11.1 Å². The summed E-state index contributed by atoms with van der Waals surface area (Å²) in [5.74, 6) is 0.529. The van der Waals surface area contributed by atoms with Crippen molar-refractivity contribution in [1.29, 1.82) is 0 Å². The van der Waals surface area contributed by atoms with Crippen molar-refractivity contribution in [1.82, 2.24) is 19.3 Å². The van der Waals surface area contributed by atoms with Gasteiger partial charge in [-0.2, -0.15) is 0 Å². The van der Waals surface area contributed by atoms with Gasteiger partial charge in [0.1, 0.15) is 12.3 Å². The van der Waals surface area contributed by atoms with Gasteiger partial charge in [0.25, 0.3) is 0 Å². The van der Waals surface area contributed by atoms with Gasteiger partial charge in [-0.3, -0.25) is 9.20 Å². The van der Waals surface area contributed by atoms with E-state index in [-0.39, 0.29) is 35.8 Å². The second-order valence-electron chi connectivity index (χ2n) is 10.1. The van der Waals surface area contributed by atoms with Crippen LogP contribution < -0.4 is 0 Å². The molecule has 7 nitrogen and oxygen atoms in total. The van der Waals surface area contributed by atoms with Gasteiger partial charge >= 0.3 is 6.09 Å². The molecule has 1 amide bonds. The molecule has 2 atom stereocenters. The third-order valence-electron chi connectivity index (χ3n) is 8.19. The predicted molar refractivity (Wildman–Crippen MR) is 134 cm³/mol. The summed E-state index contributed by atoms with van der Waals surface area (Å²) < 4.78 is 7.72. The SMILES string of the molecule is O=C(c1cnc2ncccn12)C1CC2CCC(C1)N2C(=O)OCC1c2ccccc2-c2ccccc21. The molecule has 0 N–H and O–H groups in total. The normalized spacial score (nSPS) is 22.4. The molecule has 0 saturated carbocycles. The van der Waals surface area contributed by atoms with Crippen LogP contribution in [0.15, 0.2) is 73.2 Å². The highest BCUT2D eigenvalue weighted by Gasteiger charge is 2.46. The number of rotatable bonds is 4. The maximum absolute atomic E-state index is 13.4. The lowest BCUT2D eigenvalue weighted by Gasteiger charge is -2.37. The van der Waals surface area contributed by atoms with Gasteiger partial charge in [0.05, 0.1) is 6.20 Å². The molecule has 7 rings (SSSR count). The Morgan fingerprint density at radius 1 is 0.889 bits per heavy atom. The molecule has 0 radical (unpaired) electrons. The molecule has 36 heavy (non-hydrogen) atoms. The number of ether oxygens (including phenoxy) is 1. The fourth-order valence-corrected chi connectivity index (χ4v) is 6.58. The van der Waals surface area contributed by atoms with Crippen LogP contribution in [0.4, 0.5) is 4.79 Å². The number of aromatic nitrogens is 3. The summed E-state index contributed by atoms with van der Waals surface area (Å²) in [6.07, 6.45) is 7.99. The standard InChI is InChI=1S/C29H26N4O3/c34-27(26-16-31-28-30-12-5-13-32(26)28)18-14-19-10-11-20(15-18)33(19)29(35)36-17-25-23-8-3-1-6-21(23)22-7-2-4-9-24(22)25/h1-9,12-13,16,18-20,25H,10-11,14-15,17H2. The maximum atomic E-state index is 13.4. The maximum Gasteiger partial charge on any atom is 0.410 e. The molecule has 2 unspecified atom stereocenters. The van der Waals surface area contributed by atoms with Gasteiger partial charge in [0.15, 0.2) is 5.78 Å². The number of fused-ring (bicyclic) bond motifs is 6. The third kappa shape index (κ3) is 3.26. The minimum atomic E-state index is -0.255. The Balaban J connectivity index is 1.06. The van der Waals surface area contributed by atoms with Crippen LogP contribution in [0.5, 0.6) is 0 Å². The zero-order valence-corrected chi connectivity index (χ0v) is 19.8. The van der Waals surface area contributed by atoms with Crippen LogP contribution >= 0.6 is 0 Å². The van der Waals surface area contributed by atoms with E-state index in [0.29, 0.717) is 30.9 Å². The second kappa shape index (κ2) is 8.29. The summed E-state index contributed by atoms with van der Waals surface area (Å²) in [7, 11) is 0. The summed E-state index contributed by atoms with van der Waals surface area (Å²) in [6.45, 7) is 0.319. The van der Waals surface area contributed by atoms with Crippen molar-refractivity contribution < 1.29 is 14.3 Å². The topological polar surface area (TPSA) is 76.8 Å². The average Bonchev–Trinajstić information content (AvgIpc) is 3.57. The highest BCUT2D eigenvalue weighted by molar-refractivity contribution is 5.97. The molecule has 4 heterocycles. The number of imidazole rings is 1. The Morgan fingerprint density at radius 3 is 2.25 bits per heavy atom. The Bertz CT molecular complexity index is 1440. The molecular weight excluding hydrogens is 452 g/mol. The number of nitrogens with zero attached hydrogens (tertiary/aromatic N) is 4. The van der Waals surface area contributed by atoms with Crippen LogP contribution in [-0.2, 0) is 4.74 Å². The van der Waals surface area contributed by atoms with E-state index < -0.39 is 0 Å². The summed E-state index contributed by atoms with van der Waals surface area (Å²) >= 11 is 0. The van der Waals surface area contributed by atoms with Crippen molar-refractivity contribution in [3.05, 3.63) is 90.0 Å². The molecule has 0 spiro atoms. The minimum Gasteiger partial charge on any atom is -0.448 e. The number of piperidine rings is 1. The molecular formula is C29H26N4O3. The van der Waals surface area contributed by atoms with E-state index in [9.17, 15) is 9.59 Å². The van der Waals surface area contributed by atoms with Crippen molar-refractivity contribution in [2.24, 2.45) is 5.92 Å². The summed E-state index contributed by atoms with van der Waals surface area (Å²) in [4.78, 5) is 37.1. The first kappa shape index (κ1) is 21.3. The molecule has 2 saturated heterocycles. The van der Waals surface area contributed by atoms with E-state index in [1.165, 1.54) is 22.3 Å². The van der Waals surface area contributed by atoms with Crippen LogP contribution in [0.3, 0.4) is 0 Å². The van der Waals surface area contributed by atoms with Gasteiger partial charge in [-0.25, -0.2) is 14.8 Å². The van der Waals surface area contributed by atoms with E-state index in [1.807, 2.05) is 23.2 Å². The zero-order valence-electron chi connectivity index (χ0n) is 19.8. The van der Waals surface area contributed by atoms with Gasteiger partial charge in [-0.05, 0) is 54.0 Å². The smallest absolute Gasteiger partial charge is 0.410 e. The lowest BCUT2D eigenvalue weighted by atomic mass is 9.86. The van der Waals surface area contributed by atoms with Crippen molar-refractivity contribution in [2.45, 2.75) is 43.7 Å². The van der Waals surface area contributed by atoms with Crippen LogP contribution in [0.25, 0.3) is 16.9 Å². The van der Waals surface area contributed by atoms with Crippen molar-refractivity contribution >= 4 is 17.7 Å². The van der Waals surface area contributed by atoms with E-state index in [2.05, 4.69) is 46.4 Å². The summed E-state index contributed by atoms with van der Waals surface area (Å²) in [6, 6.07) is 18.6. The molecule has 180 valence electrons. The van der Waals surface area contributed by atoms with Crippen LogP contribution in [-0.4, -0.2) is 49.8 Å². The van der Waals surface area contributed by atoms with E-state index >= 15 is 0 Å². The first-order chi connectivity index (χ1) is 17.7. The molecule has 2 aliphatic heterocycles. The summed E-state index contributed by atoms with van der Waals surface area (Å²) in [5.41, 5.74) is 5.42. The quantitative estimate of drug-likeness (QED) is 0.381. The number of ketones is 1. The van der Waals surface area contributed by atoms with Gasteiger partial charge < -0.3 is 9.64 Å². The second-order valence-corrected chi connectivity index (χ2v) is 10.1. The monoisotopic (exact) mass is 478 g/mol. The highest BCUT2D eigenvalue weighted by Crippen LogP contribution is 2.45. The minimum absolute atomic E-state index is 0.0330. The molecule has 4 aromatic rings. The van der Waals surface area contributed by atoms with Crippen LogP contribution in [0.1, 0.15) is 53.2 Å². The Hall–Kier alpha value is -4.00. The van der Waals surface area contributed by atoms with Crippen LogP contribution in [0.2, 0.25) is 0 Å². The first-order valence-electron chi connectivity index (χ1n) is 12.6. The van der Waals surface area contributed by atoms with Gasteiger partial charge in [0.2, 0.25) is 5.78 Å². The number of carbonyl (C=O) groups excluding carboxylic acids is 2. The van der Waals surface area contributed by atoms with Gasteiger partial charge in [-0.1, -0.05) is 48.5 Å². The van der Waals surface area contributed by atoms with Crippen molar-refractivity contribution in [3.63, 3.8) is 0 Å². The number of amides is 1. The first-order valence-corrected chi connectivity index (χ1v) is 12.6. The molecule has 1 aliphatic carbocycles. The molecule has 2 fully saturated rings. The van der Waals surface area contributed by atoms with Crippen LogP contribution in [0, 0.1) is 5.92 Å². The van der Waals surface area contributed by atoms with Crippen molar-refractivity contribution in [2.75, 3.05) is 6.61 Å². The molecule has 2 aromatic carbocycles. The fourth-order valence-electron chi connectivity index (χ4n) is 6.58. The largest absolute Gasteiger partial charge is 0.448 e. The highest BCUT2D eigenvalue weighted by atomic mass is 16.6.